The molecule has 2 N–H and O–H groups in total. The SMILES string of the molecule is CCCC(NC(=O)CCCOc1ccccc1[N+](=O)[O-])C(=O)O. The van der Waals surface area contributed by atoms with Crippen molar-refractivity contribution >= 4 is 17.6 Å². The lowest BCUT2D eigenvalue weighted by Gasteiger charge is -2.13. The summed E-state index contributed by atoms with van der Waals surface area (Å²) < 4.78 is 5.31. The van der Waals surface area contributed by atoms with Crippen molar-refractivity contribution in [2.24, 2.45) is 0 Å². The van der Waals surface area contributed by atoms with Gasteiger partial charge in [0.25, 0.3) is 0 Å². The highest BCUT2D eigenvalue weighted by atomic mass is 16.6. The Labute approximate surface area is 133 Å². The summed E-state index contributed by atoms with van der Waals surface area (Å²) in [6.07, 6.45) is 1.44. The Morgan fingerprint density at radius 3 is 2.70 bits per heavy atom. The minimum absolute atomic E-state index is 0.0914. The Morgan fingerprint density at radius 1 is 1.39 bits per heavy atom. The molecule has 1 rings (SSSR count). The molecule has 0 bridgehead atoms. The molecule has 0 saturated heterocycles. The largest absolute Gasteiger partial charge is 0.487 e. The van der Waals surface area contributed by atoms with Crippen molar-refractivity contribution < 1.29 is 24.4 Å². The summed E-state index contributed by atoms with van der Waals surface area (Å²) in [7, 11) is 0. The molecule has 0 heterocycles. The van der Waals surface area contributed by atoms with Gasteiger partial charge in [-0.1, -0.05) is 25.5 Å². The van der Waals surface area contributed by atoms with Gasteiger partial charge in [-0.25, -0.2) is 4.79 Å². The minimum atomic E-state index is -1.06. The van der Waals surface area contributed by atoms with E-state index < -0.39 is 16.9 Å². The number of carbonyl (C=O) groups excluding carboxylic acids is 1. The molecule has 0 radical (unpaired) electrons. The first-order valence-electron chi connectivity index (χ1n) is 7.34. The topological polar surface area (TPSA) is 119 Å². The fraction of sp³-hybridized carbons (Fsp3) is 0.467. The first kappa shape index (κ1) is 18.4. The summed E-state index contributed by atoms with van der Waals surface area (Å²) in [5.41, 5.74) is -0.133. The fourth-order valence-corrected chi connectivity index (χ4v) is 1.96. The van der Waals surface area contributed by atoms with Crippen LogP contribution >= 0.6 is 0 Å². The molecule has 0 saturated carbocycles. The van der Waals surface area contributed by atoms with E-state index in [1.807, 2.05) is 6.92 Å². The lowest BCUT2D eigenvalue weighted by molar-refractivity contribution is -0.385. The van der Waals surface area contributed by atoms with Crippen molar-refractivity contribution in [3.05, 3.63) is 34.4 Å². The highest BCUT2D eigenvalue weighted by Gasteiger charge is 2.18. The molecule has 0 aromatic heterocycles. The average molecular weight is 324 g/mol. The number of nitrogens with one attached hydrogen (secondary N) is 1. The van der Waals surface area contributed by atoms with E-state index in [0.717, 1.165) is 0 Å². The summed E-state index contributed by atoms with van der Waals surface area (Å²) in [4.78, 5) is 32.9. The van der Waals surface area contributed by atoms with Crippen molar-refractivity contribution in [1.29, 1.82) is 0 Å². The first-order valence-corrected chi connectivity index (χ1v) is 7.34. The molecule has 0 fully saturated rings. The van der Waals surface area contributed by atoms with Crippen molar-refractivity contribution in [2.45, 2.75) is 38.6 Å². The van der Waals surface area contributed by atoms with E-state index in [9.17, 15) is 19.7 Å². The van der Waals surface area contributed by atoms with Gasteiger partial charge in [-0.15, -0.1) is 0 Å². The third-order valence-electron chi connectivity index (χ3n) is 3.08. The number of amides is 1. The van der Waals surface area contributed by atoms with Crippen molar-refractivity contribution in [3.8, 4) is 5.75 Å². The van der Waals surface area contributed by atoms with E-state index in [0.29, 0.717) is 19.3 Å². The molecule has 1 amide bonds. The number of rotatable bonds is 10. The van der Waals surface area contributed by atoms with Gasteiger partial charge in [-0.05, 0) is 18.9 Å². The molecular weight excluding hydrogens is 304 g/mol. The van der Waals surface area contributed by atoms with Crippen LogP contribution in [-0.4, -0.2) is 34.6 Å². The van der Waals surface area contributed by atoms with Crippen LogP contribution in [0, 0.1) is 10.1 Å². The van der Waals surface area contributed by atoms with Gasteiger partial charge in [-0.2, -0.15) is 0 Å². The zero-order chi connectivity index (χ0) is 17.2. The van der Waals surface area contributed by atoms with E-state index in [-0.39, 0.29) is 30.4 Å². The van der Waals surface area contributed by atoms with E-state index in [1.54, 1.807) is 6.07 Å². The summed E-state index contributed by atoms with van der Waals surface area (Å²) in [6.45, 7) is 1.96. The number of benzene rings is 1. The number of carboxylic acid groups (broad SMARTS) is 1. The first-order chi connectivity index (χ1) is 11.0. The van der Waals surface area contributed by atoms with E-state index >= 15 is 0 Å². The maximum Gasteiger partial charge on any atom is 0.326 e. The predicted molar refractivity (Wildman–Crippen MR) is 82.3 cm³/mol. The van der Waals surface area contributed by atoms with Crippen LogP contribution in [0.3, 0.4) is 0 Å². The Morgan fingerprint density at radius 2 is 2.09 bits per heavy atom. The number of nitro benzene ring substituents is 1. The van der Waals surface area contributed by atoms with Crippen LogP contribution in [0.4, 0.5) is 5.69 Å². The lowest BCUT2D eigenvalue weighted by Crippen LogP contribution is -2.40. The third kappa shape index (κ3) is 6.33. The molecule has 0 aliphatic rings. The number of para-hydroxylation sites is 2. The number of carboxylic acids is 1. The maximum absolute atomic E-state index is 11.7. The maximum atomic E-state index is 11.7. The molecule has 0 aliphatic heterocycles. The molecule has 1 aromatic rings. The monoisotopic (exact) mass is 324 g/mol. The van der Waals surface area contributed by atoms with Crippen LogP contribution < -0.4 is 10.1 Å². The number of hydrogen-bond acceptors (Lipinski definition) is 5. The van der Waals surface area contributed by atoms with Gasteiger partial charge in [0.1, 0.15) is 6.04 Å². The van der Waals surface area contributed by atoms with Gasteiger partial charge in [0.05, 0.1) is 11.5 Å². The van der Waals surface area contributed by atoms with E-state index in [2.05, 4.69) is 5.32 Å². The second-order valence-electron chi connectivity index (χ2n) is 4.92. The molecule has 1 unspecified atom stereocenters. The molecule has 8 heteroatoms. The summed E-state index contributed by atoms with van der Waals surface area (Å²) >= 11 is 0. The Hall–Kier alpha value is -2.64. The van der Waals surface area contributed by atoms with Gasteiger partial charge < -0.3 is 15.2 Å². The van der Waals surface area contributed by atoms with Gasteiger partial charge >= 0.3 is 11.7 Å². The highest BCUT2D eigenvalue weighted by molar-refractivity contribution is 5.83. The second kappa shape index (κ2) is 9.39. The van der Waals surface area contributed by atoms with Crippen LogP contribution in [0.15, 0.2) is 24.3 Å². The van der Waals surface area contributed by atoms with Gasteiger partial charge in [0.2, 0.25) is 5.91 Å². The van der Waals surface area contributed by atoms with Crippen LogP contribution in [0.2, 0.25) is 0 Å². The Bertz CT molecular complexity index is 561. The van der Waals surface area contributed by atoms with Crippen LogP contribution in [-0.2, 0) is 9.59 Å². The standard InChI is InChI=1S/C15H20N2O6/c1-2-6-11(15(19)20)16-14(18)9-5-10-23-13-8-4-3-7-12(13)17(21)22/h3-4,7-8,11H,2,5-6,9-10H2,1H3,(H,16,18)(H,19,20). The molecule has 8 nitrogen and oxygen atoms in total. The van der Waals surface area contributed by atoms with Crippen molar-refractivity contribution in [3.63, 3.8) is 0 Å². The second-order valence-corrected chi connectivity index (χ2v) is 4.92. The Balaban J connectivity index is 2.39. The minimum Gasteiger partial charge on any atom is -0.487 e. The summed E-state index contributed by atoms with van der Waals surface area (Å²) in [5.74, 6) is -1.29. The van der Waals surface area contributed by atoms with Crippen molar-refractivity contribution in [2.75, 3.05) is 6.61 Å². The van der Waals surface area contributed by atoms with Gasteiger partial charge in [0, 0.05) is 12.5 Å². The van der Waals surface area contributed by atoms with E-state index in [1.165, 1.54) is 18.2 Å². The number of carbonyl (C=O) groups is 2. The van der Waals surface area contributed by atoms with Crippen LogP contribution in [0.1, 0.15) is 32.6 Å². The van der Waals surface area contributed by atoms with Gasteiger partial charge in [-0.3, -0.25) is 14.9 Å². The number of nitro groups is 1. The van der Waals surface area contributed by atoms with Crippen LogP contribution in [0.25, 0.3) is 0 Å². The third-order valence-corrected chi connectivity index (χ3v) is 3.08. The molecule has 0 aliphatic carbocycles. The smallest absolute Gasteiger partial charge is 0.326 e. The zero-order valence-corrected chi connectivity index (χ0v) is 12.9. The zero-order valence-electron chi connectivity index (χ0n) is 12.9. The Kier molecular flexibility index (Phi) is 7.52. The molecule has 126 valence electrons. The molecule has 1 atom stereocenters. The molecular formula is C15H20N2O6. The fourth-order valence-electron chi connectivity index (χ4n) is 1.96. The molecule has 1 aromatic carbocycles. The molecule has 0 spiro atoms. The normalized spacial score (nSPS) is 11.5. The number of hydrogen-bond donors (Lipinski definition) is 2. The summed E-state index contributed by atoms with van der Waals surface area (Å²) in [6, 6.07) is 5.10. The number of aliphatic carboxylic acids is 1. The quantitative estimate of drug-likeness (QED) is 0.386. The number of ether oxygens (including phenoxy) is 1. The number of nitrogens with zero attached hydrogens (tertiary/aromatic N) is 1. The van der Waals surface area contributed by atoms with Crippen LogP contribution in [0.5, 0.6) is 5.75 Å². The van der Waals surface area contributed by atoms with E-state index in [4.69, 9.17) is 9.84 Å². The summed E-state index contributed by atoms with van der Waals surface area (Å²) in [5, 5.41) is 22.2. The highest BCUT2D eigenvalue weighted by Crippen LogP contribution is 2.25. The van der Waals surface area contributed by atoms with Crippen molar-refractivity contribution in [1.82, 2.24) is 5.32 Å². The lowest BCUT2D eigenvalue weighted by atomic mass is 10.1. The average Bonchev–Trinajstić information content (AvgIpc) is 2.51. The molecule has 23 heavy (non-hydrogen) atoms. The van der Waals surface area contributed by atoms with Gasteiger partial charge in [0.15, 0.2) is 5.75 Å². The predicted octanol–water partition coefficient (Wildman–Crippen LogP) is 2.12.